The Labute approximate surface area is 116 Å². The van der Waals surface area contributed by atoms with Gasteiger partial charge in [-0.05, 0) is 19.1 Å². The molecule has 0 spiro atoms. The molecule has 0 bridgehead atoms. The number of ether oxygens (including phenoxy) is 1. The van der Waals surface area contributed by atoms with Gasteiger partial charge in [0.25, 0.3) is 5.91 Å². The molecule has 1 heterocycles. The van der Waals surface area contributed by atoms with Crippen molar-refractivity contribution in [2.75, 3.05) is 7.11 Å². The molecule has 1 aromatic carbocycles. The third kappa shape index (κ3) is 2.36. The number of hydrogen-bond donors (Lipinski definition) is 1. The number of hydrazone groups is 1. The summed E-state index contributed by atoms with van der Waals surface area (Å²) < 4.78 is 5.06. The number of hydrogen-bond acceptors (Lipinski definition) is 5. The number of benzene rings is 1. The molecule has 0 aromatic heterocycles. The van der Waals surface area contributed by atoms with Gasteiger partial charge in [-0.2, -0.15) is 15.4 Å². The van der Waals surface area contributed by atoms with E-state index in [2.05, 4.69) is 5.10 Å². The van der Waals surface area contributed by atoms with E-state index in [4.69, 9.17) is 10.00 Å². The Morgan fingerprint density at radius 3 is 2.75 bits per heavy atom. The van der Waals surface area contributed by atoms with E-state index in [1.165, 1.54) is 0 Å². The van der Waals surface area contributed by atoms with Crippen LogP contribution in [-0.4, -0.2) is 28.8 Å². The maximum Gasteiger partial charge on any atom is 0.259 e. The zero-order chi connectivity index (χ0) is 14.8. The average Bonchev–Trinajstić information content (AvgIpc) is 2.75. The molecule has 1 atom stereocenters. The van der Waals surface area contributed by atoms with E-state index in [1.807, 2.05) is 0 Å². The van der Waals surface area contributed by atoms with Gasteiger partial charge in [0.15, 0.2) is 5.72 Å². The largest absolute Gasteiger partial charge is 0.497 e. The predicted molar refractivity (Wildman–Crippen MR) is 71.7 cm³/mol. The minimum absolute atomic E-state index is 0.219. The Balaban J connectivity index is 2.36. The molecule has 6 nitrogen and oxygen atoms in total. The normalized spacial score (nSPS) is 21.3. The lowest BCUT2D eigenvalue weighted by molar-refractivity contribution is -0.156. The van der Waals surface area contributed by atoms with E-state index < -0.39 is 11.6 Å². The number of aliphatic hydroxyl groups is 1. The smallest absolute Gasteiger partial charge is 0.259 e. The van der Waals surface area contributed by atoms with Crippen molar-refractivity contribution in [3.8, 4) is 11.8 Å². The number of rotatable bonds is 3. The summed E-state index contributed by atoms with van der Waals surface area (Å²) in [5.74, 6) is 0.130. The van der Waals surface area contributed by atoms with Crippen molar-refractivity contribution in [3.63, 3.8) is 0 Å². The summed E-state index contributed by atoms with van der Waals surface area (Å²) in [6.45, 7) is 1.73. The summed E-state index contributed by atoms with van der Waals surface area (Å²) in [7, 11) is 1.55. The third-order valence-corrected chi connectivity index (χ3v) is 3.14. The molecule has 104 valence electrons. The fraction of sp³-hybridized carbons (Fsp3) is 0.357. The van der Waals surface area contributed by atoms with Gasteiger partial charge >= 0.3 is 0 Å². The van der Waals surface area contributed by atoms with Crippen molar-refractivity contribution in [1.29, 1.82) is 5.26 Å². The van der Waals surface area contributed by atoms with Crippen molar-refractivity contribution >= 4 is 11.6 Å². The minimum atomic E-state index is -1.54. The van der Waals surface area contributed by atoms with Gasteiger partial charge < -0.3 is 9.84 Å². The second-order valence-electron chi connectivity index (χ2n) is 4.60. The summed E-state index contributed by atoms with van der Waals surface area (Å²) in [5.41, 5.74) is -0.371. The first-order valence-corrected chi connectivity index (χ1v) is 6.12. The van der Waals surface area contributed by atoms with Crippen LogP contribution in [0.25, 0.3) is 0 Å². The highest BCUT2D eigenvalue weighted by Gasteiger charge is 2.44. The van der Waals surface area contributed by atoms with E-state index >= 15 is 0 Å². The molecule has 0 radical (unpaired) electrons. The molecule has 0 fully saturated rings. The Morgan fingerprint density at radius 2 is 2.20 bits per heavy atom. The van der Waals surface area contributed by atoms with Crippen LogP contribution in [0.4, 0.5) is 0 Å². The first-order chi connectivity index (χ1) is 9.51. The second kappa shape index (κ2) is 5.31. The number of nitrogens with zero attached hydrogens (tertiary/aromatic N) is 3. The first kappa shape index (κ1) is 14.0. The maximum absolute atomic E-state index is 11.9. The van der Waals surface area contributed by atoms with E-state index in [1.54, 1.807) is 44.4 Å². The molecule has 2 rings (SSSR count). The van der Waals surface area contributed by atoms with Gasteiger partial charge in [0, 0.05) is 17.7 Å². The monoisotopic (exact) mass is 273 g/mol. The van der Waals surface area contributed by atoms with Crippen LogP contribution in [0.2, 0.25) is 0 Å². The molecule has 0 saturated heterocycles. The summed E-state index contributed by atoms with van der Waals surface area (Å²) >= 11 is 0. The quantitative estimate of drug-likeness (QED) is 0.901. The van der Waals surface area contributed by atoms with Gasteiger partial charge in [0.05, 0.1) is 13.2 Å². The van der Waals surface area contributed by atoms with Crippen LogP contribution in [0.5, 0.6) is 5.75 Å². The van der Waals surface area contributed by atoms with Crippen LogP contribution < -0.4 is 4.74 Å². The number of carbonyl (C=O) groups is 1. The van der Waals surface area contributed by atoms with E-state index in [0.29, 0.717) is 17.0 Å². The van der Waals surface area contributed by atoms with Crippen molar-refractivity contribution in [2.45, 2.75) is 25.5 Å². The first-order valence-electron chi connectivity index (χ1n) is 6.12. The standard InChI is InChI=1S/C14H15N3O3/c1-10-9-14(19,17(16-10)13(18)7-8-15)11-3-5-12(20-2)6-4-11/h3-6,19H,7,9H2,1-2H3/t14-/m0/s1. The Kier molecular flexibility index (Phi) is 3.72. The van der Waals surface area contributed by atoms with Gasteiger partial charge in [-0.1, -0.05) is 12.1 Å². The molecule has 1 aromatic rings. The molecule has 6 heteroatoms. The summed E-state index contributed by atoms with van der Waals surface area (Å²) in [6, 6.07) is 8.54. The fourth-order valence-corrected chi connectivity index (χ4v) is 2.21. The molecule has 1 aliphatic heterocycles. The van der Waals surface area contributed by atoms with Gasteiger partial charge in [-0.25, -0.2) is 0 Å². The molecule has 1 aliphatic rings. The van der Waals surface area contributed by atoms with Gasteiger partial charge in [0.2, 0.25) is 0 Å². The van der Waals surface area contributed by atoms with Crippen molar-refractivity contribution in [2.24, 2.45) is 5.10 Å². The zero-order valence-corrected chi connectivity index (χ0v) is 11.3. The van der Waals surface area contributed by atoms with Crippen molar-refractivity contribution in [1.82, 2.24) is 5.01 Å². The fourth-order valence-electron chi connectivity index (χ4n) is 2.21. The van der Waals surface area contributed by atoms with Crippen LogP contribution in [-0.2, 0) is 10.5 Å². The number of nitriles is 1. The Hall–Kier alpha value is -2.39. The maximum atomic E-state index is 11.9. The summed E-state index contributed by atoms with van der Waals surface area (Å²) in [5, 5.41) is 24.5. The number of methoxy groups -OCH3 is 1. The lowest BCUT2D eigenvalue weighted by Crippen LogP contribution is -2.43. The summed E-state index contributed by atoms with van der Waals surface area (Å²) in [6.07, 6.45) is -0.105. The van der Waals surface area contributed by atoms with E-state index in [-0.39, 0.29) is 12.8 Å². The highest BCUT2D eigenvalue weighted by molar-refractivity contribution is 5.89. The van der Waals surface area contributed by atoms with E-state index in [0.717, 1.165) is 5.01 Å². The lowest BCUT2D eigenvalue weighted by atomic mass is 9.97. The summed E-state index contributed by atoms with van der Waals surface area (Å²) in [4.78, 5) is 11.9. The molecule has 0 saturated carbocycles. The Morgan fingerprint density at radius 1 is 1.55 bits per heavy atom. The molecule has 1 N–H and O–H groups in total. The van der Waals surface area contributed by atoms with Gasteiger partial charge in [-0.3, -0.25) is 4.79 Å². The zero-order valence-electron chi connectivity index (χ0n) is 11.3. The molecule has 20 heavy (non-hydrogen) atoms. The van der Waals surface area contributed by atoms with Crippen LogP contribution in [0.1, 0.15) is 25.3 Å². The molecule has 0 unspecified atom stereocenters. The number of carbonyl (C=O) groups excluding carboxylic acids is 1. The lowest BCUT2D eigenvalue weighted by Gasteiger charge is -2.31. The van der Waals surface area contributed by atoms with Crippen molar-refractivity contribution < 1.29 is 14.6 Å². The predicted octanol–water partition coefficient (Wildman–Crippen LogP) is 1.36. The van der Waals surface area contributed by atoms with Crippen molar-refractivity contribution in [3.05, 3.63) is 29.8 Å². The molecular weight excluding hydrogens is 258 g/mol. The van der Waals surface area contributed by atoms with E-state index in [9.17, 15) is 9.90 Å². The Bertz CT molecular complexity index is 589. The van der Waals surface area contributed by atoms with Crippen LogP contribution in [0.3, 0.4) is 0 Å². The molecule has 1 amide bonds. The minimum Gasteiger partial charge on any atom is -0.497 e. The highest BCUT2D eigenvalue weighted by atomic mass is 16.5. The van der Waals surface area contributed by atoms with Crippen LogP contribution in [0, 0.1) is 11.3 Å². The number of amides is 1. The highest BCUT2D eigenvalue weighted by Crippen LogP contribution is 2.36. The van der Waals surface area contributed by atoms with Gasteiger partial charge in [-0.15, -0.1) is 0 Å². The van der Waals surface area contributed by atoms with Crippen LogP contribution in [0.15, 0.2) is 29.4 Å². The average molecular weight is 273 g/mol. The molecule has 0 aliphatic carbocycles. The topological polar surface area (TPSA) is 85.9 Å². The van der Waals surface area contributed by atoms with Gasteiger partial charge in [0.1, 0.15) is 12.2 Å². The second-order valence-corrected chi connectivity index (χ2v) is 4.60. The third-order valence-electron chi connectivity index (χ3n) is 3.14. The SMILES string of the molecule is COc1ccc([C@@]2(O)CC(C)=NN2C(=O)CC#N)cc1. The molecular formula is C14H15N3O3. The van der Waals surface area contributed by atoms with Crippen LogP contribution >= 0.6 is 0 Å².